The molecule has 0 radical (unpaired) electrons. The zero-order chi connectivity index (χ0) is 16.2. The van der Waals surface area contributed by atoms with Crippen LogP contribution in [0, 0.1) is 17.0 Å². The maximum absolute atomic E-state index is 11.4. The molecule has 23 heavy (non-hydrogen) atoms. The highest BCUT2D eigenvalue weighted by Crippen LogP contribution is 2.32. The number of aryl methyl sites for hydroxylation is 1. The van der Waals surface area contributed by atoms with E-state index in [-0.39, 0.29) is 17.3 Å². The second-order valence-corrected chi connectivity index (χ2v) is 4.62. The molecule has 0 aliphatic rings. The van der Waals surface area contributed by atoms with Crippen molar-refractivity contribution in [3.63, 3.8) is 0 Å². The third-order valence-electron chi connectivity index (χ3n) is 2.92. The van der Waals surface area contributed by atoms with Gasteiger partial charge in [-0.3, -0.25) is 10.1 Å². The third kappa shape index (κ3) is 3.23. The van der Waals surface area contributed by atoms with Crippen LogP contribution in [0.2, 0.25) is 0 Å². The van der Waals surface area contributed by atoms with Gasteiger partial charge in [-0.25, -0.2) is 9.97 Å². The van der Waals surface area contributed by atoms with E-state index >= 15 is 0 Å². The molecule has 0 saturated carbocycles. The minimum atomic E-state index is -0.555. The molecule has 0 aliphatic heterocycles. The van der Waals surface area contributed by atoms with E-state index in [1.807, 2.05) is 18.2 Å². The van der Waals surface area contributed by atoms with Crippen molar-refractivity contribution in [1.29, 1.82) is 0 Å². The summed E-state index contributed by atoms with van der Waals surface area (Å²) in [6.07, 6.45) is 1.23. The quantitative estimate of drug-likeness (QED) is 0.544. The maximum Gasteiger partial charge on any atom is 0.353 e. The van der Waals surface area contributed by atoms with Gasteiger partial charge in [0, 0.05) is 11.8 Å². The van der Waals surface area contributed by atoms with Gasteiger partial charge in [-0.05, 0) is 19.1 Å². The molecule has 0 amide bonds. The number of nitro groups is 1. The average Bonchev–Trinajstić information content (AvgIpc) is 2.93. The Labute approximate surface area is 130 Å². The lowest BCUT2D eigenvalue weighted by Gasteiger charge is -2.08. The van der Waals surface area contributed by atoms with E-state index in [2.05, 4.69) is 25.8 Å². The Morgan fingerprint density at radius 2 is 1.83 bits per heavy atom. The lowest BCUT2D eigenvalue weighted by molar-refractivity contribution is -0.383. The minimum absolute atomic E-state index is 0.0248. The number of aromatic nitrogens is 3. The number of para-hydroxylation sites is 1. The summed E-state index contributed by atoms with van der Waals surface area (Å²) >= 11 is 0. The summed E-state index contributed by atoms with van der Waals surface area (Å²) < 4.78 is 4.92. The summed E-state index contributed by atoms with van der Waals surface area (Å²) in [6.45, 7) is 1.72. The molecule has 0 saturated heterocycles. The first-order valence-corrected chi connectivity index (χ1v) is 6.65. The number of nitrogens with one attached hydrogen (secondary N) is 2. The summed E-state index contributed by atoms with van der Waals surface area (Å²) in [5.74, 6) is 1.01. The Bertz CT molecular complexity index is 834. The molecular formula is C14H12N6O3. The standard InChI is InChI=1S/C14H12N6O3/c1-9-7-11(19-23-9)18-14-12(20(21)22)13(15-8-16-14)17-10-5-3-2-4-6-10/h2-8H,1H3,(H2,15,16,17,18,19). The molecule has 116 valence electrons. The SMILES string of the molecule is Cc1cc(Nc2ncnc(Nc3ccccc3)c2[N+](=O)[O-])no1. The second kappa shape index (κ2) is 6.10. The molecule has 9 nitrogen and oxygen atoms in total. The number of rotatable bonds is 5. The third-order valence-corrected chi connectivity index (χ3v) is 2.92. The molecule has 9 heteroatoms. The molecule has 2 aromatic heterocycles. The molecule has 0 atom stereocenters. The van der Waals surface area contributed by atoms with Gasteiger partial charge in [-0.1, -0.05) is 23.4 Å². The van der Waals surface area contributed by atoms with Crippen LogP contribution in [0.4, 0.5) is 28.8 Å². The van der Waals surface area contributed by atoms with Gasteiger partial charge in [0.1, 0.15) is 12.1 Å². The van der Waals surface area contributed by atoms with Crippen LogP contribution >= 0.6 is 0 Å². The van der Waals surface area contributed by atoms with Crippen LogP contribution in [0.1, 0.15) is 5.76 Å². The van der Waals surface area contributed by atoms with Gasteiger partial charge in [-0.15, -0.1) is 0 Å². The van der Waals surface area contributed by atoms with Crippen molar-refractivity contribution in [1.82, 2.24) is 15.1 Å². The molecule has 0 unspecified atom stereocenters. The molecule has 2 N–H and O–H groups in total. The minimum Gasteiger partial charge on any atom is -0.360 e. The Morgan fingerprint density at radius 1 is 1.13 bits per heavy atom. The van der Waals surface area contributed by atoms with Crippen molar-refractivity contribution < 1.29 is 9.45 Å². The first-order valence-electron chi connectivity index (χ1n) is 6.65. The van der Waals surface area contributed by atoms with E-state index < -0.39 is 4.92 Å². The Kier molecular flexibility index (Phi) is 3.83. The molecule has 1 aromatic carbocycles. The van der Waals surface area contributed by atoms with Crippen molar-refractivity contribution >= 4 is 28.8 Å². The lowest BCUT2D eigenvalue weighted by Crippen LogP contribution is -2.05. The molecule has 2 heterocycles. The van der Waals surface area contributed by atoms with E-state index in [0.717, 1.165) is 0 Å². The van der Waals surface area contributed by atoms with Gasteiger partial charge in [0.2, 0.25) is 11.6 Å². The van der Waals surface area contributed by atoms with E-state index in [4.69, 9.17) is 4.52 Å². The molecular weight excluding hydrogens is 300 g/mol. The Balaban J connectivity index is 1.97. The summed E-state index contributed by atoms with van der Waals surface area (Å²) in [6, 6.07) is 10.6. The van der Waals surface area contributed by atoms with Gasteiger partial charge in [0.25, 0.3) is 0 Å². The number of nitrogens with zero attached hydrogens (tertiary/aromatic N) is 4. The van der Waals surface area contributed by atoms with Crippen molar-refractivity contribution in [2.24, 2.45) is 0 Å². The number of hydrogen-bond donors (Lipinski definition) is 2. The van der Waals surface area contributed by atoms with Crippen molar-refractivity contribution in [3.05, 3.63) is 58.6 Å². The zero-order valence-electron chi connectivity index (χ0n) is 12.1. The van der Waals surface area contributed by atoms with Crippen LogP contribution in [0.3, 0.4) is 0 Å². The van der Waals surface area contributed by atoms with E-state index in [1.165, 1.54) is 6.33 Å². The van der Waals surface area contributed by atoms with Crippen LogP contribution in [-0.2, 0) is 0 Å². The van der Waals surface area contributed by atoms with Crippen LogP contribution in [0.15, 0.2) is 47.2 Å². The van der Waals surface area contributed by atoms with Crippen LogP contribution in [-0.4, -0.2) is 20.0 Å². The van der Waals surface area contributed by atoms with Crippen molar-refractivity contribution in [2.45, 2.75) is 6.92 Å². The Hall–Kier alpha value is -3.49. The second-order valence-electron chi connectivity index (χ2n) is 4.62. The predicted octanol–water partition coefficient (Wildman–Crippen LogP) is 3.17. The number of hydrogen-bond acceptors (Lipinski definition) is 8. The fraction of sp³-hybridized carbons (Fsp3) is 0.0714. The molecule has 0 spiro atoms. The van der Waals surface area contributed by atoms with Gasteiger partial charge < -0.3 is 15.2 Å². The Morgan fingerprint density at radius 3 is 2.43 bits per heavy atom. The maximum atomic E-state index is 11.4. The van der Waals surface area contributed by atoms with Crippen molar-refractivity contribution in [3.8, 4) is 0 Å². The van der Waals surface area contributed by atoms with Crippen LogP contribution in [0.25, 0.3) is 0 Å². The smallest absolute Gasteiger partial charge is 0.353 e. The molecule has 3 aromatic rings. The topological polar surface area (TPSA) is 119 Å². The fourth-order valence-electron chi connectivity index (χ4n) is 1.94. The lowest BCUT2D eigenvalue weighted by atomic mass is 10.3. The van der Waals surface area contributed by atoms with Gasteiger partial charge in [0.15, 0.2) is 5.82 Å². The van der Waals surface area contributed by atoms with Crippen molar-refractivity contribution in [2.75, 3.05) is 10.6 Å². The highest BCUT2D eigenvalue weighted by molar-refractivity contribution is 5.75. The number of anilines is 4. The largest absolute Gasteiger partial charge is 0.360 e. The summed E-state index contributed by atoms with van der Waals surface area (Å²) in [4.78, 5) is 18.8. The van der Waals surface area contributed by atoms with Gasteiger partial charge in [0.05, 0.1) is 4.92 Å². The molecule has 0 aliphatic carbocycles. The van der Waals surface area contributed by atoms with Crippen LogP contribution < -0.4 is 10.6 Å². The highest BCUT2D eigenvalue weighted by Gasteiger charge is 2.24. The average molecular weight is 312 g/mol. The summed E-state index contributed by atoms with van der Waals surface area (Å²) in [7, 11) is 0. The highest BCUT2D eigenvalue weighted by atomic mass is 16.6. The monoisotopic (exact) mass is 312 g/mol. The summed E-state index contributed by atoms with van der Waals surface area (Å²) in [5, 5.41) is 20.8. The molecule has 0 bridgehead atoms. The van der Waals surface area contributed by atoms with Crippen LogP contribution in [0.5, 0.6) is 0 Å². The predicted molar refractivity (Wildman–Crippen MR) is 82.9 cm³/mol. The fourth-order valence-corrected chi connectivity index (χ4v) is 1.94. The van der Waals surface area contributed by atoms with E-state index in [9.17, 15) is 10.1 Å². The van der Waals surface area contributed by atoms with E-state index in [1.54, 1.807) is 25.1 Å². The van der Waals surface area contributed by atoms with Gasteiger partial charge in [-0.2, -0.15) is 0 Å². The summed E-state index contributed by atoms with van der Waals surface area (Å²) in [5.41, 5.74) is 0.398. The first-order chi connectivity index (χ1) is 11.1. The normalized spacial score (nSPS) is 10.3. The first kappa shape index (κ1) is 14.4. The molecule has 0 fully saturated rings. The zero-order valence-corrected chi connectivity index (χ0v) is 12.1. The molecule has 3 rings (SSSR count). The van der Waals surface area contributed by atoms with E-state index in [0.29, 0.717) is 17.3 Å². The number of benzene rings is 1. The van der Waals surface area contributed by atoms with Gasteiger partial charge >= 0.3 is 5.69 Å².